The molecule has 14 nitrogen and oxygen atoms in total. The van der Waals surface area contributed by atoms with Crippen molar-refractivity contribution < 1.29 is 42.2 Å². The van der Waals surface area contributed by atoms with Gasteiger partial charge < -0.3 is 29.5 Å². The Kier molecular flexibility index (Phi) is 9.60. The molecule has 0 unspecified atom stereocenters. The van der Waals surface area contributed by atoms with Crippen molar-refractivity contribution in [1.82, 2.24) is 30.1 Å². The topological polar surface area (TPSA) is 182 Å². The van der Waals surface area contributed by atoms with Crippen molar-refractivity contribution in [3.63, 3.8) is 0 Å². The number of carbonyl (C=O) groups excluding carboxylic acids is 1. The molecule has 3 N–H and O–H groups in total. The van der Waals surface area contributed by atoms with Gasteiger partial charge in [-0.15, -0.1) is 0 Å². The van der Waals surface area contributed by atoms with Crippen LogP contribution in [0.2, 0.25) is 5.02 Å². The Morgan fingerprint density at radius 3 is 2.36 bits per heavy atom. The Hall–Kier alpha value is -4.61. The molecule has 4 aromatic heterocycles. The molecule has 0 radical (unpaired) electrons. The molecule has 45 heavy (non-hydrogen) atoms. The molecular weight excluding hydrogens is 625 g/mol. The second kappa shape index (κ2) is 13.6. The normalized spacial score (nSPS) is 16.8. The van der Waals surface area contributed by atoms with E-state index in [-0.39, 0.29) is 34.5 Å². The minimum absolute atomic E-state index is 0.0616. The van der Waals surface area contributed by atoms with Crippen LogP contribution in [0.4, 0.5) is 29.7 Å². The number of aliphatic hydroxyl groups is 2. The van der Waals surface area contributed by atoms with E-state index in [4.69, 9.17) is 25.6 Å². The van der Waals surface area contributed by atoms with Crippen LogP contribution in [-0.2, 0) is 10.9 Å². The van der Waals surface area contributed by atoms with E-state index in [9.17, 15) is 28.2 Å². The van der Waals surface area contributed by atoms with E-state index in [0.717, 1.165) is 6.26 Å². The number of aliphatic hydroxyl groups excluding tert-OH is 1. The van der Waals surface area contributed by atoms with Gasteiger partial charge in [0.25, 0.3) is 0 Å². The van der Waals surface area contributed by atoms with Crippen LogP contribution in [0, 0.1) is 0 Å². The van der Waals surface area contributed by atoms with E-state index < -0.39 is 42.5 Å². The summed E-state index contributed by atoms with van der Waals surface area (Å²) in [6.07, 6.45) is 0.705. The summed E-state index contributed by atoms with van der Waals surface area (Å²) in [7, 11) is 1.45. The third-order valence-corrected chi connectivity index (χ3v) is 7.20. The molecule has 1 amide bonds. The zero-order valence-corrected chi connectivity index (χ0v) is 24.2. The first-order valence-corrected chi connectivity index (χ1v) is 13.9. The molecule has 0 aliphatic heterocycles. The number of amides is 1. The molecule has 4 heterocycles. The van der Waals surface area contributed by atoms with Gasteiger partial charge in [-0.25, -0.2) is 29.7 Å². The summed E-state index contributed by atoms with van der Waals surface area (Å²) in [5, 5.41) is 24.9. The van der Waals surface area contributed by atoms with Crippen molar-refractivity contribution in [2.45, 2.75) is 50.2 Å². The van der Waals surface area contributed by atoms with Crippen LogP contribution in [0.15, 0.2) is 47.7 Å². The predicted molar refractivity (Wildman–Crippen MR) is 151 cm³/mol. The highest BCUT2D eigenvalue weighted by molar-refractivity contribution is 6.32. The maximum atomic E-state index is 13.6. The number of hydrogen-bond acceptors (Lipinski definition) is 13. The third-order valence-electron chi connectivity index (χ3n) is 6.93. The zero-order valence-electron chi connectivity index (χ0n) is 23.5. The van der Waals surface area contributed by atoms with Crippen LogP contribution in [0.25, 0.3) is 22.5 Å². The minimum atomic E-state index is -4.76. The number of rotatable bonds is 9. The van der Waals surface area contributed by atoms with Crippen LogP contribution in [0.3, 0.4) is 0 Å². The van der Waals surface area contributed by atoms with Gasteiger partial charge in [0.2, 0.25) is 5.95 Å². The van der Waals surface area contributed by atoms with E-state index >= 15 is 0 Å². The number of nitrogens with zero attached hydrogens (tertiary/aromatic N) is 7. The lowest BCUT2D eigenvalue weighted by Crippen LogP contribution is -2.45. The lowest BCUT2D eigenvalue weighted by molar-refractivity contribution is -0.137. The number of methoxy groups -OCH3 is 1. The maximum absolute atomic E-state index is 13.6. The number of halogens is 4. The first kappa shape index (κ1) is 31.8. The van der Waals surface area contributed by atoms with E-state index in [1.807, 2.05) is 0 Å². The summed E-state index contributed by atoms with van der Waals surface area (Å²) < 4.78 is 55.7. The summed E-state index contributed by atoms with van der Waals surface area (Å²) in [6, 6.07) is 2.90. The number of anilines is 2. The summed E-state index contributed by atoms with van der Waals surface area (Å²) in [6.45, 7) is -0.642. The lowest BCUT2D eigenvalue weighted by Gasteiger charge is -2.36. The lowest BCUT2D eigenvalue weighted by atomic mass is 9.90. The van der Waals surface area contributed by atoms with Gasteiger partial charge in [0.15, 0.2) is 12.0 Å². The fourth-order valence-electron chi connectivity index (χ4n) is 4.80. The number of ether oxygens (including phenoxy) is 2. The van der Waals surface area contributed by atoms with Crippen molar-refractivity contribution in [2.75, 3.05) is 23.9 Å². The second-order valence-corrected chi connectivity index (χ2v) is 10.3. The molecule has 0 aromatic carbocycles. The van der Waals surface area contributed by atoms with Gasteiger partial charge in [-0.2, -0.15) is 13.2 Å². The van der Waals surface area contributed by atoms with Crippen LogP contribution >= 0.6 is 11.6 Å². The second-order valence-electron chi connectivity index (χ2n) is 9.91. The van der Waals surface area contributed by atoms with Crippen LogP contribution < -0.4 is 15.0 Å². The third kappa shape index (κ3) is 7.55. The molecule has 18 heteroatoms. The average Bonchev–Trinajstić information content (AvgIpc) is 3.46. The van der Waals surface area contributed by atoms with Gasteiger partial charge in [0.1, 0.15) is 35.0 Å². The van der Waals surface area contributed by atoms with E-state index in [0.29, 0.717) is 43.0 Å². The standard InChI is InChI=1S/C27H26ClF3N8O6/c1-43-25-34-9-15(10-35-25)14-2-7-20(32-8-14)39(26(42)44-13-21(40)41)17-5-3-16(4-6-17)36-24-33-11-18(27(29,30)31)22(37-24)23-19(28)12-45-38-23/h2,7-12,16-17,21,40-41H,3-6,13H2,1H3,(H,33,36,37). The number of alkyl halides is 3. The van der Waals surface area contributed by atoms with Crippen molar-refractivity contribution in [3.05, 3.63) is 53.8 Å². The molecule has 0 atom stereocenters. The summed E-state index contributed by atoms with van der Waals surface area (Å²) in [5.41, 5.74) is -0.566. The SMILES string of the molecule is COc1ncc(-c2ccc(N(C(=O)OCC(O)O)C3CCC(Nc4ncc(C(F)(F)F)c(-c5nocc5Cl)n4)CC3)nc2)cn1. The molecule has 1 aliphatic carbocycles. The van der Waals surface area contributed by atoms with Crippen molar-refractivity contribution in [3.8, 4) is 28.5 Å². The maximum Gasteiger partial charge on any atom is 0.420 e. The predicted octanol–water partition coefficient (Wildman–Crippen LogP) is 4.34. The zero-order chi connectivity index (χ0) is 32.1. The van der Waals surface area contributed by atoms with E-state index in [2.05, 4.69) is 35.4 Å². The molecule has 1 fully saturated rings. The van der Waals surface area contributed by atoms with Gasteiger partial charge in [0, 0.05) is 48.0 Å². The Morgan fingerprint density at radius 2 is 1.78 bits per heavy atom. The fraction of sp³-hybridized carbons (Fsp3) is 0.370. The van der Waals surface area contributed by atoms with Gasteiger partial charge in [-0.1, -0.05) is 16.8 Å². The molecule has 5 rings (SSSR count). The first-order chi connectivity index (χ1) is 21.5. The fourth-order valence-corrected chi connectivity index (χ4v) is 4.96. The number of aromatic nitrogens is 6. The molecule has 238 valence electrons. The highest BCUT2D eigenvalue weighted by Gasteiger charge is 2.37. The highest BCUT2D eigenvalue weighted by atomic mass is 35.5. The minimum Gasteiger partial charge on any atom is -0.467 e. The molecule has 1 saturated carbocycles. The molecule has 4 aromatic rings. The Labute approximate surface area is 258 Å². The number of nitrogens with one attached hydrogen (secondary N) is 1. The van der Waals surface area contributed by atoms with Gasteiger partial charge >= 0.3 is 18.3 Å². The van der Waals surface area contributed by atoms with Crippen molar-refractivity contribution in [2.24, 2.45) is 0 Å². The highest BCUT2D eigenvalue weighted by Crippen LogP contribution is 2.38. The van der Waals surface area contributed by atoms with Crippen LogP contribution in [0.5, 0.6) is 6.01 Å². The summed E-state index contributed by atoms with van der Waals surface area (Å²) in [5.74, 6) is 0.204. The monoisotopic (exact) mass is 650 g/mol. The van der Waals surface area contributed by atoms with Gasteiger partial charge in [-0.05, 0) is 37.8 Å². The summed E-state index contributed by atoms with van der Waals surface area (Å²) in [4.78, 5) is 34.9. The summed E-state index contributed by atoms with van der Waals surface area (Å²) >= 11 is 5.96. The van der Waals surface area contributed by atoms with E-state index in [1.165, 1.54) is 18.2 Å². The Bertz CT molecular complexity index is 1600. The molecule has 0 spiro atoms. The molecule has 0 saturated heterocycles. The number of pyridine rings is 1. The first-order valence-electron chi connectivity index (χ1n) is 13.5. The molecule has 0 bridgehead atoms. The van der Waals surface area contributed by atoms with E-state index in [1.54, 1.807) is 24.5 Å². The largest absolute Gasteiger partial charge is 0.467 e. The quantitative estimate of drug-likeness (QED) is 0.218. The average molecular weight is 651 g/mol. The smallest absolute Gasteiger partial charge is 0.420 e. The van der Waals surface area contributed by atoms with Crippen LogP contribution in [0.1, 0.15) is 31.2 Å². The van der Waals surface area contributed by atoms with Crippen LogP contribution in [-0.4, -0.2) is 78.5 Å². The molecular formula is C27H26ClF3N8O6. The van der Waals surface area contributed by atoms with Crippen molar-refractivity contribution in [1.29, 1.82) is 0 Å². The van der Waals surface area contributed by atoms with Crippen molar-refractivity contribution >= 4 is 29.5 Å². The molecule has 1 aliphatic rings. The Morgan fingerprint density at radius 1 is 1.07 bits per heavy atom. The number of hydrogen-bond donors (Lipinski definition) is 3. The Balaban J connectivity index is 1.31. The van der Waals surface area contributed by atoms with Gasteiger partial charge in [-0.3, -0.25) is 4.90 Å². The number of carbonyl (C=O) groups is 1. The van der Waals surface area contributed by atoms with Gasteiger partial charge in [0.05, 0.1) is 7.11 Å².